The van der Waals surface area contributed by atoms with Crippen LogP contribution in [0.2, 0.25) is 0 Å². The summed E-state index contributed by atoms with van der Waals surface area (Å²) in [6.07, 6.45) is 1.66. The van der Waals surface area contributed by atoms with Crippen molar-refractivity contribution in [3.05, 3.63) is 41.5 Å². The van der Waals surface area contributed by atoms with Crippen LogP contribution >= 0.6 is 0 Å². The normalized spacial score (nSPS) is 27.3. The van der Waals surface area contributed by atoms with Crippen molar-refractivity contribution in [3.8, 4) is 0 Å². The average molecular weight is 317 g/mol. The number of fused-ring (bicyclic) bond motifs is 2. The van der Waals surface area contributed by atoms with Crippen molar-refractivity contribution < 1.29 is 19.0 Å². The lowest BCUT2D eigenvalue weighted by atomic mass is 9.88. The van der Waals surface area contributed by atoms with Crippen LogP contribution in [0.4, 0.5) is 0 Å². The Morgan fingerprint density at radius 3 is 2.65 bits per heavy atom. The summed E-state index contributed by atoms with van der Waals surface area (Å²) >= 11 is 0. The zero-order valence-corrected chi connectivity index (χ0v) is 13.8. The van der Waals surface area contributed by atoms with Gasteiger partial charge in [-0.1, -0.05) is 30.3 Å². The van der Waals surface area contributed by atoms with E-state index in [0.29, 0.717) is 6.04 Å². The van der Waals surface area contributed by atoms with E-state index in [0.717, 1.165) is 29.6 Å². The van der Waals surface area contributed by atoms with Gasteiger partial charge < -0.3 is 14.2 Å². The second-order valence-corrected chi connectivity index (χ2v) is 6.07. The number of rotatable bonds is 5. The maximum Gasteiger partial charge on any atom is 0.335 e. The summed E-state index contributed by atoms with van der Waals surface area (Å²) in [6.45, 7) is 0.233. The van der Waals surface area contributed by atoms with Crippen LogP contribution in [0.15, 0.2) is 35.9 Å². The standard InChI is InChI=1S/C18H23NO4/c1-19-13-9-14(12-7-5-4-6-8-12)16(18(20)22-3)17(19)15(10-13)23-11-21-2/h4-8,13,15,17H,9-11H2,1-3H3. The summed E-state index contributed by atoms with van der Waals surface area (Å²) in [7, 11) is 5.09. The van der Waals surface area contributed by atoms with Gasteiger partial charge in [-0.3, -0.25) is 4.90 Å². The second kappa shape index (κ2) is 6.83. The molecule has 2 bridgehead atoms. The lowest BCUT2D eigenvalue weighted by molar-refractivity contribution is -0.138. The number of methoxy groups -OCH3 is 2. The number of nitrogens with zero attached hydrogens (tertiary/aromatic N) is 1. The van der Waals surface area contributed by atoms with Gasteiger partial charge in [0.25, 0.3) is 0 Å². The van der Waals surface area contributed by atoms with E-state index in [4.69, 9.17) is 14.2 Å². The fraction of sp³-hybridized carbons (Fsp3) is 0.500. The molecule has 0 saturated carbocycles. The van der Waals surface area contributed by atoms with Crippen molar-refractivity contribution in [2.45, 2.75) is 31.0 Å². The van der Waals surface area contributed by atoms with Gasteiger partial charge in [-0.2, -0.15) is 0 Å². The highest BCUT2D eigenvalue weighted by atomic mass is 16.7. The van der Waals surface area contributed by atoms with Gasteiger partial charge in [-0.15, -0.1) is 0 Å². The molecule has 0 N–H and O–H groups in total. The molecular weight excluding hydrogens is 294 g/mol. The first-order chi connectivity index (χ1) is 11.2. The molecule has 3 atom stereocenters. The van der Waals surface area contributed by atoms with Gasteiger partial charge in [-0.25, -0.2) is 4.79 Å². The Kier molecular flexibility index (Phi) is 4.80. The molecule has 3 rings (SSSR count). The van der Waals surface area contributed by atoms with Gasteiger partial charge in [0, 0.05) is 13.2 Å². The SMILES string of the molecule is COCOC1CC2CC(c3ccccc3)=C(C(=O)OC)C1N2C. The van der Waals surface area contributed by atoms with Gasteiger partial charge >= 0.3 is 5.97 Å². The molecule has 5 nitrogen and oxygen atoms in total. The maximum absolute atomic E-state index is 12.5. The average Bonchev–Trinajstić information content (AvgIpc) is 2.79. The summed E-state index contributed by atoms with van der Waals surface area (Å²) in [5, 5.41) is 0. The van der Waals surface area contributed by atoms with E-state index >= 15 is 0 Å². The van der Waals surface area contributed by atoms with Gasteiger partial charge in [0.1, 0.15) is 6.79 Å². The number of hydrogen-bond donors (Lipinski definition) is 0. The topological polar surface area (TPSA) is 48.0 Å². The maximum atomic E-state index is 12.5. The Labute approximate surface area is 136 Å². The van der Waals surface area contributed by atoms with Crippen LogP contribution in [0.25, 0.3) is 5.57 Å². The van der Waals surface area contributed by atoms with E-state index in [1.807, 2.05) is 30.3 Å². The quantitative estimate of drug-likeness (QED) is 0.615. The molecule has 0 amide bonds. The zero-order chi connectivity index (χ0) is 16.4. The molecule has 1 saturated heterocycles. The number of carbonyl (C=O) groups excluding carboxylic acids is 1. The van der Waals surface area contributed by atoms with E-state index in [2.05, 4.69) is 11.9 Å². The first-order valence-electron chi connectivity index (χ1n) is 7.86. The van der Waals surface area contributed by atoms with Crippen molar-refractivity contribution >= 4 is 11.5 Å². The summed E-state index contributed by atoms with van der Waals surface area (Å²) < 4.78 is 16.0. The van der Waals surface area contributed by atoms with Crippen LogP contribution in [0.1, 0.15) is 18.4 Å². The van der Waals surface area contributed by atoms with Crippen molar-refractivity contribution in [2.24, 2.45) is 0 Å². The molecule has 1 fully saturated rings. The molecule has 3 unspecified atom stereocenters. The monoisotopic (exact) mass is 317 g/mol. The smallest absolute Gasteiger partial charge is 0.335 e. The number of hydrogen-bond acceptors (Lipinski definition) is 5. The van der Waals surface area contributed by atoms with Crippen LogP contribution in [-0.4, -0.2) is 57.1 Å². The number of likely N-dealkylation sites (N-methyl/N-ethyl adjacent to an activating group) is 1. The molecule has 0 aliphatic carbocycles. The van der Waals surface area contributed by atoms with Gasteiger partial charge in [0.2, 0.25) is 0 Å². The van der Waals surface area contributed by atoms with Crippen molar-refractivity contribution in [2.75, 3.05) is 28.1 Å². The van der Waals surface area contributed by atoms with E-state index < -0.39 is 0 Å². The number of ether oxygens (including phenoxy) is 3. The Morgan fingerprint density at radius 1 is 1.26 bits per heavy atom. The summed E-state index contributed by atoms with van der Waals surface area (Å²) in [5.74, 6) is -0.271. The molecule has 2 aliphatic rings. The second-order valence-electron chi connectivity index (χ2n) is 6.07. The van der Waals surface area contributed by atoms with E-state index in [1.165, 1.54) is 7.11 Å². The molecular formula is C18H23NO4. The lowest BCUT2D eigenvalue weighted by Gasteiger charge is -2.35. The highest BCUT2D eigenvalue weighted by molar-refractivity contribution is 6.00. The lowest BCUT2D eigenvalue weighted by Crippen LogP contribution is -2.44. The van der Waals surface area contributed by atoms with E-state index in [1.54, 1.807) is 7.11 Å². The van der Waals surface area contributed by atoms with Crippen LogP contribution in [0.3, 0.4) is 0 Å². The minimum atomic E-state index is -0.271. The van der Waals surface area contributed by atoms with Crippen LogP contribution in [0, 0.1) is 0 Å². The number of esters is 1. The Morgan fingerprint density at radius 2 is 2.00 bits per heavy atom. The molecule has 0 spiro atoms. The molecule has 0 aromatic heterocycles. The van der Waals surface area contributed by atoms with Crippen molar-refractivity contribution in [1.82, 2.24) is 4.90 Å². The van der Waals surface area contributed by atoms with Gasteiger partial charge in [0.05, 0.1) is 24.8 Å². The van der Waals surface area contributed by atoms with Crippen LogP contribution < -0.4 is 0 Å². The number of benzene rings is 1. The van der Waals surface area contributed by atoms with Crippen LogP contribution in [0.5, 0.6) is 0 Å². The Hall–Kier alpha value is -1.69. The fourth-order valence-electron chi connectivity index (χ4n) is 3.77. The summed E-state index contributed by atoms with van der Waals surface area (Å²) in [4.78, 5) is 14.7. The molecule has 2 heterocycles. The summed E-state index contributed by atoms with van der Waals surface area (Å²) in [6, 6.07) is 10.3. The highest BCUT2D eigenvalue weighted by Crippen LogP contribution is 2.43. The third kappa shape index (κ3) is 2.92. The minimum absolute atomic E-state index is 0.0553. The highest BCUT2D eigenvalue weighted by Gasteiger charge is 2.48. The van der Waals surface area contributed by atoms with Crippen LogP contribution in [-0.2, 0) is 19.0 Å². The van der Waals surface area contributed by atoms with E-state index in [9.17, 15) is 4.79 Å². The Bertz CT molecular complexity index is 598. The molecule has 23 heavy (non-hydrogen) atoms. The van der Waals surface area contributed by atoms with Gasteiger partial charge in [0.15, 0.2) is 0 Å². The first-order valence-corrected chi connectivity index (χ1v) is 7.86. The zero-order valence-electron chi connectivity index (χ0n) is 13.8. The fourth-order valence-corrected chi connectivity index (χ4v) is 3.77. The molecule has 1 aromatic rings. The third-order valence-electron chi connectivity index (χ3n) is 4.86. The molecule has 1 aromatic carbocycles. The van der Waals surface area contributed by atoms with Crippen molar-refractivity contribution in [3.63, 3.8) is 0 Å². The number of carbonyl (C=O) groups is 1. The molecule has 5 heteroatoms. The van der Waals surface area contributed by atoms with Gasteiger partial charge in [-0.05, 0) is 31.0 Å². The van der Waals surface area contributed by atoms with E-state index in [-0.39, 0.29) is 24.9 Å². The molecule has 0 radical (unpaired) electrons. The molecule has 124 valence electrons. The third-order valence-corrected chi connectivity index (χ3v) is 4.86. The Balaban J connectivity index is 2.04. The predicted molar refractivity (Wildman–Crippen MR) is 86.7 cm³/mol. The largest absolute Gasteiger partial charge is 0.466 e. The molecule has 2 aliphatic heterocycles. The van der Waals surface area contributed by atoms with Crippen molar-refractivity contribution in [1.29, 1.82) is 0 Å². The summed E-state index contributed by atoms with van der Waals surface area (Å²) in [5.41, 5.74) is 2.88. The first kappa shape index (κ1) is 16.2. The predicted octanol–water partition coefficient (Wildman–Crippen LogP) is 2.08. The minimum Gasteiger partial charge on any atom is -0.466 e.